The van der Waals surface area contributed by atoms with Crippen LogP contribution in [0.5, 0.6) is 0 Å². The molecule has 1 aromatic rings. The molecule has 1 heterocycles. The highest BCUT2D eigenvalue weighted by molar-refractivity contribution is 5.74. The summed E-state index contributed by atoms with van der Waals surface area (Å²) in [5, 5.41) is 2.86. The van der Waals surface area contributed by atoms with E-state index in [4.69, 9.17) is 0 Å². The SMILES string of the molecule is CCNC(=O)N1CCC(c2ccc(C)cc2)CC1. The quantitative estimate of drug-likeness (QED) is 0.855. The molecule has 1 N–H and O–H groups in total. The van der Waals surface area contributed by atoms with Crippen molar-refractivity contribution in [3.63, 3.8) is 0 Å². The van der Waals surface area contributed by atoms with Gasteiger partial charge in [-0.25, -0.2) is 4.79 Å². The number of nitrogens with zero attached hydrogens (tertiary/aromatic N) is 1. The van der Waals surface area contributed by atoms with E-state index in [0.717, 1.165) is 25.9 Å². The second-order valence-electron chi connectivity index (χ2n) is 5.01. The summed E-state index contributed by atoms with van der Waals surface area (Å²) < 4.78 is 0. The molecular weight excluding hydrogens is 224 g/mol. The Balaban J connectivity index is 1.90. The van der Waals surface area contributed by atoms with Crippen molar-refractivity contribution < 1.29 is 4.79 Å². The minimum Gasteiger partial charge on any atom is -0.338 e. The Morgan fingerprint density at radius 2 is 1.89 bits per heavy atom. The highest BCUT2D eigenvalue weighted by atomic mass is 16.2. The Morgan fingerprint density at radius 3 is 2.44 bits per heavy atom. The fourth-order valence-corrected chi connectivity index (χ4v) is 2.52. The third-order valence-corrected chi connectivity index (χ3v) is 3.66. The van der Waals surface area contributed by atoms with Gasteiger partial charge in [-0.15, -0.1) is 0 Å². The third kappa shape index (κ3) is 3.03. The minimum absolute atomic E-state index is 0.0832. The van der Waals surface area contributed by atoms with Gasteiger partial charge in [0.25, 0.3) is 0 Å². The number of hydrogen-bond donors (Lipinski definition) is 1. The van der Waals surface area contributed by atoms with E-state index in [1.807, 2.05) is 11.8 Å². The number of urea groups is 1. The molecular formula is C15H22N2O. The number of benzene rings is 1. The van der Waals surface area contributed by atoms with Gasteiger partial charge in [-0.05, 0) is 38.2 Å². The highest BCUT2D eigenvalue weighted by Gasteiger charge is 2.23. The van der Waals surface area contributed by atoms with E-state index >= 15 is 0 Å². The molecule has 1 aromatic carbocycles. The molecule has 0 saturated carbocycles. The zero-order chi connectivity index (χ0) is 13.0. The van der Waals surface area contributed by atoms with E-state index in [1.165, 1.54) is 11.1 Å². The zero-order valence-corrected chi connectivity index (χ0v) is 11.3. The Morgan fingerprint density at radius 1 is 1.28 bits per heavy atom. The molecule has 0 aromatic heterocycles. The number of rotatable bonds is 2. The zero-order valence-electron chi connectivity index (χ0n) is 11.3. The van der Waals surface area contributed by atoms with Gasteiger partial charge in [0.2, 0.25) is 0 Å². The van der Waals surface area contributed by atoms with Crippen LogP contribution in [-0.4, -0.2) is 30.6 Å². The van der Waals surface area contributed by atoms with E-state index in [0.29, 0.717) is 12.5 Å². The van der Waals surface area contributed by atoms with Crippen molar-refractivity contribution in [2.75, 3.05) is 19.6 Å². The van der Waals surface area contributed by atoms with Crippen molar-refractivity contribution in [2.24, 2.45) is 0 Å². The second kappa shape index (κ2) is 5.89. The van der Waals surface area contributed by atoms with Crippen LogP contribution >= 0.6 is 0 Å². The van der Waals surface area contributed by atoms with E-state index in [2.05, 4.69) is 36.5 Å². The number of nitrogens with one attached hydrogen (secondary N) is 1. The van der Waals surface area contributed by atoms with Gasteiger partial charge in [-0.1, -0.05) is 29.8 Å². The Bertz CT molecular complexity index is 391. The van der Waals surface area contributed by atoms with Gasteiger partial charge in [0.15, 0.2) is 0 Å². The molecule has 3 heteroatoms. The predicted octanol–water partition coefficient (Wildman–Crippen LogP) is 2.90. The summed E-state index contributed by atoms with van der Waals surface area (Å²) in [6.45, 7) is 6.50. The molecule has 18 heavy (non-hydrogen) atoms. The Hall–Kier alpha value is -1.51. The van der Waals surface area contributed by atoms with Crippen molar-refractivity contribution in [1.29, 1.82) is 0 Å². The summed E-state index contributed by atoms with van der Waals surface area (Å²) >= 11 is 0. The van der Waals surface area contributed by atoms with Crippen LogP contribution in [0.25, 0.3) is 0 Å². The van der Waals surface area contributed by atoms with Crippen molar-refractivity contribution in [3.05, 3.63) is 35.4 Å². The van der Waals surface area contributed by atoms with Gasteiger partial charge >= 0.3 is 6.03 Å². The number of likely N-dealkylation sites (tertiary alicyclic amines) is 1. The first-order chi connectivity index (χ1) is 8.70. The van der Waals surface area contributed by atoms with Crippen LogP contribution in [0.4, 0.5) is 4.79 Å². The molecule has 0 radical (unpaired) electrons. The minimum atomic E-state index is 0.0832. The maximum Gasteiger partial charge on any atom is 0.317 e. The van der Waals surface area contributed by atoms with Crippen molar-refractivity contribution >= 4 is 6.03 Å². The standard InChI is InChI=1S/C15H22N2O/c1-3-16-15(18)17-10-8-14(9-11-17)13-6-4-12(2)5-7-13/h4-7,14H,3,8-11H2,1-2H3,(H,16,18). The summed E-state index contributed by atoms with van der Waals surface area (Å²) in [6, 6.07) is 8.88. The summed E-state index contributed by atoms with van der Waals surface area (Å²) in [7, 11) is 0. The van der Waals surface area contributed by atoms with Gasteiger partial charge in [0, 0.05) is 19.6 Å². The predicted molar refractivity (Wildman–Crippen MR) is 73.8 cm³/mol. The first kappa shape index (κ1) is 12.9. The molecule has 1 fully saturated rings. The number of piperidine rings is 1. The van der Waals surface area contributed by atoms with E-state index in [9.17, 15) is 4.79 Å². The first-order valence-electron chi connectivity index (χ1n) is 6.80. The second-order valence-corrected chi connectivity index (χ2v) is 5.01. The normalized spacial score (nSPS) is 16.7. The lowest BCUT2D eigenvalue weighted by molar-refractivity contribution is 0.182. The average Bonchev–Trinajstić information content (AvgIpc) is 2.40. The molecule has 2 rings (SSSR count). The molecule has 98 valence electrons. The summed E-state index contributed by atoms with van der Waals surface area (Å²) in [5.74, 6) is 0.608. The lowest BCUT2D eigenvalue weighted by atomic mass is 9.89. The van der Waals surface area contributed by atoms with Crippen LogP contribution in [0.15, 0.2) is 24.3 Å². The number of amides is 2. The lowest BCUT2D eigenvalue weighted by Crippen LogP contribution is -2.44. The van der Waals surface area contributed by atoms with Crippen LogP contribution < -0.4 is 5.32 Å². The molecule has 0 spiro atoms. The van der Waals surface area contributed by atoms with Gasteiger partial charge < -0.3 is 10.2 Å². The van der Waals surface area contributed by atoms with Gasteiger partial charge in [0.05, 0.1) is 0 Å². The average molecular weight is 246 g/mol. The van der Waals surface area contributed by atoms with Gasteiger partial charge in [0.1, 0.15) is 0 Å². The van der Waals surface area contributed by atoms with Gasteiger partial charge in [-0.3, -0.25) is 0 Å². The fourth-order valence-electron chi connectivity index (χ4n) is 2.52. The molecule has 3 nitrogen and oxygen atoms in total. The lowest BCUT2D eigenvalue weighted by Gasteiger charge is -2.32. The molecule has 1 aliphatic heterocycles. The molecule has 0 atom stereocenters. The molecule has 0 unspecified atom stereocenters. The van der Waals surface area contributed by atoms with E-state index in [1.54, 1.807) is 0 Å². The fraction of sp³-hybridized carbons (Fsp3) is 0.533. The van der Waals surface area contributed by atoms with E-state index < -0.39 is 0 Å². The number of hydrogen-bond acceptors (Lipinski definition) is 1. The third-order valence-electron chi connectivity index (χ3n) is 3.66. The Kier molecular flexibility index (Phi) is 4.24. The van der Waals surface area contributed by atoms with Crippen LogP contribution in [0, 0.1) is 6.92 Å². The Labute approximate surface area is 109 Å². The van der Waals surface area contributed by atoms with Gasteiger partial charge in [-0.2, -0.15) is 0 Å². The maximum atomic E-state index is 11.7. The van der Waals surface area contributed by atoms with Crippen LogP contribution in [0.3, 0.4) is 0 Å². The number of carbonyl (C=O) groups excluding carboxylic acids is 1. The monoisotopic (exact) mass is 246 g/mol. The largest absolute Gasteiger partial charge is 0.338 e. The number of carbonyl (C=O) groups is 1. The van der Waals surface area contributed by atoms with Crippen LogP contribution in [0.2, 0.25) is 0 Å². The summed E-state index contributed by atoms with van der Waals surface area (Å²) in [4.78, 5) is 13.6. The molecule has 2 amide bonds. The molecule has 0 bridgehead atoms. The van der Waals surface area contributed by atoms with Crippen molar-refractivity contribution in [1.82, 2.24) is 10.2 Å². The topological polar surface area (TPSA) is 32.3 Å². The molecule has 1 aliphatic rings. The maximum absolute atomic E-state index is 11.7. The smallest absolute Gasteiger partial charge is 0.317 e. The highest BCUT2D eigenvalue weighted by Crippen LogP contribution is 2.28. The summed E-state index contributed by atoms with van der Waals surface area (Å²) in [5.41, 5.74) is 2.72. The first-order valence-corrected chi connectivity index (χ1v) is 6.80. The number of aryl methyl sites for hydroxylation is 1. The van der Waals surface area contributed by atoms with E-state index in [-0.39, 0.29) is 6.03 Å². The van der Waals surface area contributed by atoms with Crippen molar-refractivity contribution in [3.8, 4) is 0 Å². The molecule has 1 saturated heterocycles. The summed E-state index contributed by atoms with van der Waals surface area (Å²) in [6.07, 6.45) is 2.14. The van der Waals surface area contributed by atoms with Crippen molar-refractivity contribution in [2.45, 2.75) is 32.6 Å². The molecule has 0 aliphatic carbocycles. The van der Waals surface area contributed by atoms with Crippen LogP contribution in [-0.2, 0) is 0 Å². The van der Waals surface area contributed by atoms with Crippen LogP contribution in [0.1, 0.15) is 36.8 Å².